The van der Waals surface area contributed by atoms with E-state index in [1.807, 2.05) is 29.2 Å². The number of nitrogens with one attached hydrogen (secondary N) is 2. The number of amides is 1. The van der Waals surface area contributed by atoms with Gasteiger partial charge in [-0.1, -0.05) is 12.1 Å². The molecule has 0 spiro atoms. The van der Waals surface area contributed by atoms with Gasteiger partial charge in [0.25, 0.3) is 0 Å². The molecule has 1 atom stereocenters. The third kappa shape index (κ3) is 7.23. The fourth-order valence-corrected chi connectivity index (χ4v) is 3.98. The maximum Gasteiger partial charge on any atom is 0.227 e. The van der Waals surface area contributed by atoms with Gasteiger partial charge in [-0.05, 0) is 55.5 Å². The van der Waals surface area contributed by atoms with Crippen molar-refractivity contribution >= 4 is 41.5 Å². The van der Waals surface area contributed by atoms with E-state index in [1.54, 1.807) is 6.26 Å². The monoisotopic (exact) mass is 552 g/mol. The number of nitrogens with zero attached hydrogens (tertiary/aromatic N) is 2. The number of hydrogen-bond donors (Lipinski definition) is 2. The highest BCUT2D eigenvalue weighted by molar-refractivity contribution is 14.0. The Morgan fingerprint density at radius 1 is 1.12 bits per heavy atom. The molecule has 7 nitrogen and oxygen atoms in total. The van der Waals surface area contributed by atoms with E-state index in [0.29, 0.717) is 13.0 Å². The van der Waals surface area contributed by atoms with Gasteiger partial charge in [0.05, 0.1) is 18.9 Å². The van der Waals surface area contributed by atoms with E-state index in [9.17, 15) is 4.79 Å². The number of guanidine groups is 1. The Kier molecular flexibility index (Phi) is 9.86. The van der Waals surface area contributed by atoms with Gasteiger partial charge in [0.1, 0.15) is 5.76 Å². The molecule has 2 N–H and O–H groups in total. The van der Waals surface area contributed by atoms with Gasteiger partial charge in [-0.2, -0.15) is 0 Å². The van der Waals surface area contributed by atoms with Crippen molar-refractivity contribution in [2.75, 3.05) is 31.1 Å². The molecule has 2 aliphatic rings. The molecule has 1 amide bonds. The second kappa shape index (κ2) is 12.8. The number of furan rings is 1. The fourth-order valence-electron chi connectivity index (χ4n) is 3.98. The van der Waals surface area contributed by atoms with Crippen molar-refractivity contribution in [2.45, 2.75) is 51.2 Å². The lowest BCUT2D eigenvalue weighted by molar-refractivity contribution is -0.117. The van der Waals surface area contributed by atoms with Crippen LogP contribution in [0.2, 0.25) is 0 Å². The summed E-state index contributed by atoms with van der Waals surface area (Å²) in [6, 6.07) is 12.0. The van der Waals surface area contributed by atoms with E-state index in [2.05, 4.69) is 22.8 Å². The summed E-state index contributed by atoms with van der Waals surface area (Å²) in [6.07, 6.45) is 7.78. The number of rotatable bonds is 8. The fraction of sp³-hybridized carbons (Fsp3) is 0.500. The minimum absolute atomic E-state index is 0. The Bertz CT molecular complexity index is 849. The van der Waals surface area contributed by atoms with Crippen molar-refractivity contribution in [2.24, 2.45) is 4.99 Å². The van der Waals surface area contributed by atoms with Crippen molar-refractivity contribution < 1.29 is 13.9 Å². The molecule has 1 unspecified atom stereocenters. The predicted octanol–water partition coefficient (Wildman–Crippen LogP) is 3.87. The van der Waals surface area contributed by atoms with Gasteiger partial charge in [0.15, 0.2) is 5.96 Å². The molecule has 0 bridgehead atoms. The molecule has 174 valence electrons. The van der Waals surface area contributed by atoms with Crippen LogP contribution >= 0.6 is 24.0 Å². The van der Waals surface area contributed by atoms with E-state index < -0.39 is 0 Å². The summed E-state index contributed by atoms with van der Waals surface area (Å²) < 4.78 is 11.2. The highest BCUT2D eigenvalue weighted by Gasteiger charge is 2.21. The van der Waals surface area contributed by atoms with Crippen LogP contribution in [-0.4, -0.2) is 44.2 Å². The molecule has 2 aliphatic heterocycles. The minimum atomic E-state index is 0. The lowest BCUT2D eigenvalue weighted by Gasteiger charge is -2.23. The van der Waals surface area contributed by atoms with Gasteiger partial charge in [0.2, 0.25) is 5.91 Å². The van der Waals surface area contributed by atoms with Crippen LogP contribution in [0.3, 0.4) is 0 Å². The zero-order valence-corrected chi connectivity index (χ0v) is 20.8. The number of aliphatic imine (C=N–C) groups is 1. The van der Waals surface area contributed by atoms with Crippen molar-refractivity contribution in [3.8, 4) is 0 Å². The number of anilines is 1. The van der Waals surface area contributed by atoms with E-state index >= 15 is 0 Å². The number of benzene rings is 1. The lowest BCUT2D eigenvalue weighted by Crippen LogP contribution is -2.43. The largest absolute Gasteiger partial charge is 0.469 e. The van der Waals surface area contributed by atoms with Crippen LogP contribution < -0.4 is 15.5 Å². The van der Waals surface area contributed by atoms with Crippen LogP contribution in [0.4, 0.5) is 5.69 Å². The van der Waals surface area contributed by atoms with Gasteiger partial charge in [-0.25, -0.2) is 4.99 Å². The first-order chi connectivity index (χ1) is 15.3. The van der Waals surface area contributed by atoms with Gasteiger partial charge >= 0.3 is 0 Å². The van der Waals surface area contributed by atoms with Crippen molar-refractivity contribution in [3.05, 3.63) is 54.0 Å². The molecule has 8 heteroatoms. The second-order valence-corrected chi connectivity index (χ2v) is 8.11. The van der Waals surface area contributed by atoms with E-state index in [0.717, 1.165) is 74.9 Å². The first-order valence-corrected chi connectivity index (χ1v) is 11.3. The summed E-state index contributed by atoms with van der Waals surface area (Å²) in [5.74, 6) is 1.94. The number of hydrogen-bond acceptors (Lipinski definition) is 4. The maximum atomic E-state index is 11.9. The van der Waals surface area contributed by atoms with Gasteiger partial charge < -0.3 is 24.7 Å². The summed E-state index contributed by atoms with van der Waals surface area (Å²) in [5.41, 5.74) is 2.08. The van der Waals surface area contributed by atoms with Gasteiger partial charge in [0, 0.05) is 44.8 Å². The van der Waals surface area contributed by atoms with Crippen LogP contribution in [0.1, 0.15) is 43.4 Å². The van der Waals surface area contributed by atoms with E-state index in [1.165, 1.54) is 6.42 Å². The van der Waals surface area contributed by atoms with Crippen molar-refractivity contribution in [1.29, 1.82) is 0 Å². The summed E-state index contributed by atoms with van der Waals surface area (Å²) in [6.45, 7) is 3.71. The van der Waals surface area contributed by atoms with Gasteiger partial charge in [-0.15, -0.1) is 24.0 Å². The SMILES string of the molecule is I.O=C1CCCN1c1ccc(CN=C(NCCc2ccco2)NCC2CCCCO2)cc1. The standard InChI is InChI=1S/C24H32N4O3.HI/c29-23-7-3-14-28(23)20-10-8-19(9-11-20)17-26-24(25-13-12-21-6-4-16-30-21)27-18-22-5-1-2-15-31-22;/h4,6,8-11,16,22H,1-3,5,7,12-15,17-18H2,(H2,25,26,27);1H. The first kappa shape index (κ1) is 24.6. The summed E-state index contributed by atoms with van der Waals surface area (Å²) in [4.78, 5) is 18.6. The normalized spacial score (nSPS) is 19.0. The molecular weight excluding hydrogens is 519 g/mol. The Morgan fingerprint density at radius 2 is 2.00 bits per heavy atom. The van der Waals surface area contributed by atoms with E-state index in [-0.39, 0.29) is 36.0 Å². The first-order valence-electron chi connectivity index (χ1n) is 11.3. The second-order valence-electron chi connectivity index (χ2n) is 8.11. The molecule has 2 fully saturated rings. The summed E-state index contributed by atoms with van der Waals surface area (Å²) in [7, 11) is 0. The minimum Gasteiger partial charge on any atom is -0.469 e. The summed E-state index contributed by atoms with van der Waals surface area (Å²) >= 11 is 0. The van der Waals surface area contributed by atoms with Crippen LogP contribution in [0.5, 0.6) is 0 Å². The van der Waals surface area contributed by atoms with Crippen LogP contribution in [0.25, 0.3) is 0 Å². The smallest absolute Gasteiger partial charge is 0.227 e. The quantitative estimate of drug-likeness (QED) is 0.296. The molecule has 0 radical (unpaired) electrons. The van der Waals surface area contributed by atoms with Crippen LogP contribution in [0.15, 0.2) is 52.1 Å². The lowest BCUT2D eigenvalue weighted by atomic mass is 10.1. The molecule has 2 saturated heterocycles. The Hall–Kier alpha value is -2.07. The number of halogens is 1. The highest BCUT2D eigenvalue weighted by Crippen LogP contribution is 2.21. The maximum absolute atomic E-state index is 11.9. The highest BCUT2D eigenvalue weighted by atomic mass is 127. The van der Waals surface area contributed by atoms with Crippen molar-refractivity contribution in [1.82, 2.24) is 10.6 Å². The molecule has 4 rings (SSSR count). The molecule has 3 heterocycles. The van der Waals surface area contributed by atoms with Crippen LogP contribution in [-0.2, 0) is 22.5 Å². The predicted molar refractivity (Wildman–Crippen MR) is 137 cm³/mol. The van der Waals surface area contributed by atoms with Crippen LogP contribution in [0, 0.1) is 0 Å². The molecular formula is C24H33IN4O3. The third-order valence-electron chi connectivity index (χ3n) is 5.76. The average molecular weight is 552 g/mol. The average Bonchev–Trinajstić information content (AvgIpc) is 3.48. The molecule has 1 aromatic carbocycles. The third-order valence-corrected chi connectivity index (χ3v) is 5.76. The Labute approximate surface area is 207 Å². The molecule has 2 aromatic rings. The summed E-state index contributed by atoms with van der Waals surface area (Å²) in [5, 5.41) is 6.83. The van der Waals surface area contributed by atoms with E-state index in [4.69, 9.17) is 14.1 Å². The zero-order valence-electron chi connectivity index (χ0n) is 18.4. The number of ether oxygens (including phenoxy) is 1. The van der Waals surface area contributed by atoms with Gasteiger partial charge in [-0.3, -0.25) is 4.79 Å². The zero-order chi connectivity index (χ0) is 21.3. The molecule has 32 heavy (non-hydrogen) atoms. The Morgan fingerprint density at radius 3 is 2.69 bits per heavy atom. The molecule has 0 saturated carbocycles. The topological polar surface area (TPSA) is 79.1 Å². The molecule has 0 aliphatic carbocycles. The van der Waals surface area contributed by atoms with Crippen molar-refractivity contribution in [3.63, 3.8) is 0 Å². The molecule has 1 aromatic heterocycles. The number of carbonyl (C=O) groups excluding carboxylic acids is 1. The Balaban J connectivity index is 0.00000289. The number of carbonyl (C=O) groups is 1.